The molecule has 0 amide bonds. The Hall–Kier alpha value is -0.770. The second kappa shape index (κ2) is 8.02. The second-order valence-corrected chi connectivity index (χ2v) is 5.76. The first kappa shape index (κ1) is 18.3. The molecule has 0 aliphatic heterocycles. The van der Waals surface area contributed by atoms with Gasteiger partial charge in [-0.3, -0.25) is 4.90 Å². The molecule has 120 valence electrons. The summed E-state index contributed by atoms with van der Waals surface area (Å²) in [5.41, 5.74) is 7.72. The van der Waals surface area contributed by atoms with Gasteiger partial charge in [-0.05, 0) is 43.6 Å². The van der Waals surface area contributed by atoms with Crippen LogP contribution >= 0.6 is 11.6 Å². The van der Waals surface area contributed by atoms with E-state index in [1.165, 1.54) is 0 Å². The Bertz CT molecular complexity index is 442. The topological polar surface area (TPSA) is 38.5 Å². The molecule has 0 aromatic heterocycles. The third-order valence-corrected chi connectivity index (χ3v) is 5.04. The molecular formula is C17H29ClN2O. The minimum atomic E-state index is -0.0708. The molecule has 1 rings (SSSR count). The number of nitrogens with two attached hydrogens (primary N) is 1. The highest BCUT2D eigenvalue weighted by Gasteiger charge is 2.38. The van der Waals surface area contributed by atoms with Crippen LogP contribution in [0.2, 0.25) is 5.02 Å². The lowest BCUT2D eigenvalue weighted by Gasteiger charge is -2.46. The van der Waals surface area contributed by atoms with E-state index in [1.54, 1.807) is 7.11 Å². The molecule has 0 aliphatic rings. The average Bonchev–Trinajstić information content (AvgIpc) is 2.52. The maximum atomic E-state index is 6.68. The Kier molecular flexibility index (Phi) is 6.98. The minimum absolute atomic E-state index is 0.0393. The van der Waals surface area contributed by atoms with E-state index in [9.17, 15) is 0 Å². The van der Waals surface area contributed by atoms with Crippen molar-refractivity contribution in [2.45, 2.75) is 52.1 Å². The van der Waals surface area contributed by atoms with Crippen LogP contribution in [0.1, 0.15) is 52.1 Å². The molecule has 2 N–H and O–H groups in total. The summed E-state index contributed by atoms with van der Waals surface area (Å²) in [5.74, 6) is 0.685. The molecule has 21 heavy (non-hydrogen) atoms. The zero-order chi connectivity index (χ0) is 16.0. The molecule has 0 heterocycles. The van der Waals surface area contributed by atoms with Gasteiger partial charge in [0.25, 0.3) is 0 Å². The van der Waals surface area contributed by atoms with Crippen LogP contribution in [0.15, 0.2) is 18.2 Å². The summed E-state index contributed by atoms with van der Waals surface area (Å²) in [6, 6.07) is 5.78. The predicted octanol–water partition coefficient (Wildman–Crippen LogP) is 4.25. The number of ether oxygens (including phenoxy) is 1. The minimum Gasteiger partial charge on any atom is -0.495 e. The van der Waals surface area contributed by atoms with E-state index in [0.717, 1.165) is 31.5 Å². The summed E-state index contributed by atoms with van der Waals surface area (Å²) in [5, 5.41) is 0.620. The number of benzene rings is 1. The highest BCUT2D eigenvalue weighted by molar-refractivity contribution is 6.32. The van der Waals surface area contributed by atoms with Crippen LogP contribution in [0.3, 0.4) is 0 Å². The Morgan fingerprint density at radius 2 is 1.76 bits per heavy atom. The number of nitrogens with zero attached hydrogens (tertiary/aromatic N) is 1. The zero-order valence-electron chi connectivity index (χ0n) is 13.9. The molecule has 0 radical (unpaired) electrons. The standard InChI is InChI=1S/C17H29ClN2O/c1-6-17(7-2,20(8-3)9-4)16(19)13-10-11-14(18)15(12-13)21-5/h10-12,16H,6-9,19H2,1-5H3. The van der Waals surface area contributed by atoms with Crippen molar-refractivity contribution in [3.63, 3.8) is 0 Å². The number of hydrogen-bond donors (Lipinski definition) is 1. The van der Waals surface area contributed by atoms with Crippen molar-refractivity contribution >= 4 is 11.6 Å². The van der Waals surface area contributed by atoms with Crippen molar-refractivity contribution in [1.82, 2.24) is 4.90 Å². The maximum absolute atomic E-state index is 6.68. The van der Waals surface area contributed by atoms with Crippen molar-refractivity contribution in [2.75, 3.05) is 20.2 Å². The maximum Gasteiger partial charge on any atom is 0.137 e. The number of rotatable bonds is 8. The fraction of sp³-hybridized carbons (Fsp3) is 0.647. The van der Waals surface area contributed by atoms with Crippen LogP contribution in [0.25, 0.3) is 0 Å². The molecule has 0 bridgehead atoms. The number of methoxy groups -OCH3 is 1. The lowest BCUT2D eigenvalue weighted by molar-refractivity contribution is 0.0624. The SMILES string of the molecule is CCN(CC)C(CC)(CC)C(N)c1ccc(Cl)c(OC)c1. The molecular weight excluding hydrogens is 284 g/mol. The summed E-state index contributed by atoms with van der Waals surface area (Å²) in [6.45, 7) is 10.8. The van der Waals surface area contributed by atoms with Gasteiger partial charge in [0, 0.05) is 11.6 Å². The molecule has 4 heteroatoms. The highest BCUT2D eigenvalue weighted by Crippen LogP contribution is 2.38. The fourth-order valence-corrected chi connectivity index (χ4v) is 3.56. The first-order chi connectivity index (χ1) is 10.00. The van der Waals surface area contributed by atoms with Crippen LogP contribution in [-0.2, 0) is 0 Å². The van der Waals surface area contributed by atoms with Crippen molar-refractivity contribution in [1.29, 1.82) is 0 Å². The summed E-state index contributed by atoms with van der Waals surface area (Å²) >= 11 is 6.12. The lowest BCUT2D eigenvalue weighted by Crippen LogP contribution is -2.54. The van der Waals surface area contributed by atoms with Gasteiger partial charge in [-0.2, -0.15) is 0 Å². The number of hydrogen-bond acceptors (Lipinski definition) is 3. The van der Waals surface area contributed by atoms with E-state index in [4.69, 9.17) is 22.1 Å². The summed E-state index contributed by atoms with van der Waals surface area (Å²) < 4.78 is 5.33. The Balaban J connectivity index is 3.25. The first-order valence-electron chi connectivity index (χ1n) is 7.84. The smallest absolute Gasteiger partial charge is 0.137 e. The van der Waals surface area contributed by atoms with E-state index in [0.29, 0.717) is 10.8 Å². The van der Waals surface area contributed by atoms with Gasteiger partial charge in [0.05, 0.1) is 12.1 Å². The van der Waals surface area contributed by atoms with Crippen LogP contribution < -0.4 is 10.5 Å². The van der Waals surface area contributed by atoms with Crippen molar-refractivity contribution in [2.24, 2.45) is 5.73 Å². The second-order valence-electron chi connectivity index (χ2n) is 5.35. The van der Waals surface area contributed by atoms with E-state index in [1.807, 2.05) is 18.2 Å². The van der Waals surface area contributed by atoms with Crippen molar-refractivity contribution < 1.29 is 4.74 Å². The number of halogens is 1. The monoisotopic (exact) mass is 312 g/mol. The van der Waals surface area contributed by atoms with Crippen LogP contribution in [0.5, 0.6) is 5.75 Å². The summed E-state index contributed by atoms with van der Waals surface area (Å²) in [6.07, 6.45) is 2.02. The summed E-state index contributed by atoms with van der Waals surface area (Å²) in [4.78, 5) is 2.47. The van der Waals surface area contributed by atoms with Gasteiger partial charge in [-0.15, -0.1) is 0 Å². The number of likely N-dealkylation sites (N-methyl/N-ethyl adjacent to an activating group) is 1. The molecule has 0 saturated heterocycles. The van der Waals surface area contributed by atoms with Gasteiger partial charge >= 0.3 is 0 Å². The van der Waals surface area contributed by atoms with Crippen LogP contribution in [0.4, 0.5) is 0 Å². The third-order valence-electron chi connectivity index (χ3n) is 4.73. The largest absolute Gasteiger partial charge is 0.495 e. The van der Waals surface area contributed by atoms with Gasteiger partial charge in [-0.1, -0.05) is 45.4 Å². The van der Waals surface area contributed by atoms with E-state index in [-0.39, 0.29) is 11.6 Å². The zero-order valence-corrected chi connectivity index (χ0v) is 14.7. The third kappa shape index (κ3) is 3.53. The van der Waals surface area contributed by atoms with E-state index >= 15 is 0 Å². The Labute approximate surface area is 134 Å². The molecule has 1 aromatic carbocycles. The van der Waals surface area contributed by atoms with Gasteiger partial charge < -0.3 is 10.5 Å². The van der Waals surface area contributed by atoms with Gasteiger partial charge in [0.1, 0.15) is 5.75 Å². The molecule has 1 unspecified atom stereocenters. The molecule has 3 nitrogen and oxygen atoms in total. The van der Waals surface area contributed by atoms with E-state index < -0.39 is 0 Å². The fourth-order valence-electron chi connectivity index (χ4n) is 3.37. The van der Waals surface area contributed by atoms with E-state index in [2.05, 4.69) is 32.6 Å². The van der Waals surface area contributed by atoms with Gasteiger partial charge in [0.2, 0.25) is 0 Å². The molecule has 0 saturated carbocycles. The predicted molar refractivity (Wildman–Crippen MR) is 91.2 cm³/mol. The average molecular weight is 313 g/mol. The molecule has 0 aliphatic carbocycles. The molecule has 1 aromatic rings. The summed E-state index contributed by atoms with van der Waals surface area (Å²) in [7, 11) is 1.63. The van der Waals surface area contributed by atoms with Crippen LogP contribution in [0, 0.1) is 0 Å². The van der Waals surface area contributed by atoms with Gasteiger partial charge in [0.15, 0.2) is 0 Å². The molecule has 1 atom stereocenters. The van der Waals surface area contributed by atoms with Crippen molar-refractivity contribution in [3.05, 3.63) is 28.8 Å². The van der Waals surface area contributed by atoms with Crippen molar-refractivity contribution in [3.8, 4) is 5.75 Å². The van der Waals surface area contributed by atoms with Gasteiger partial charge in [-0.25, -0.2) is 0 Å². The Morgan fingerprint density at radius 3 is 2.19 bits per heavy atom. The first-order valence-corrected chi connectivity index (χ1v) is 8.22. The Morgan fingerprint density at radius 1 is 1.19 bits per heavy atom. The normalized spacial score (nSPS) is 13.5. The molecule has 0 spiro atoms. The highest BCUT2D eigenvalue weighted by atomic mass is 35.5. The lowest BCUT2D eigenvalue weighted by atomic mass is 9.79. The molecule has 0 fully saturated rings. The van der Waals surface area contributed by atoms with Crippen LogP contribution in [-0.4, -0.2) is 30.6 Å². The quantitative estimate of drug-likeness (QED) is 0.780.